The normalized spacial score (nSPS) is 18.8. The molecular formula is C15H25N. The van der Waals surface area contributed by atoms with Crippen molar-refractivity contribution in [3.05, 3.63) is 35.6 Å². The zero-order chi connectivity index (χ0) is 12.0. The average molecular weight is 219 g/mol. The third-order valence-corrected chi connectivity index (χ3v) is 3.24. The van der Waals surface area contributed by atoms with Gasteiger partial charge in [-0.15, -0.1) is 0 Å². The molecule has 0 heterocycles. The van der Waals surface area contributed by atoms with E-state index in [1.807, 2.05) is 6.08 Å². The molecule has 0 aliphatic heterocycles. The van der Waals surface area contributed by atoms with Crippen LogP contribution in [-0.4, -0.2) is 6.04 Å². The van der Waals surface area contributed by atoms with Crippen LogP contribution in [0.15, 0.2) is 35.6 Å². The Bertz CT molecular complexity index is 297. The van der Waals surface area contributed by atoms with Crippen molar-refractivity contribution in [2.75, 3.05) is 0 Å². The molecule has 1 unspecified atom stereocenters. The highest BCUT2D eigenvalue weighted by atomic mass is 14.9. The SMILES string of the molecule is C=CC1=C(/C(=C\C)NC(C)CCC)CCC1. The van der Waals surface area contributed by atoms with Crippen molar-refractivity contribution in [1.82, 2.24) is 5.32 Å². The molecular weight excluding hydrogens is 194 g/mol. The number of hydrogen-bond donors (Lipinski definition) is 1. The summed E-state index contributed by atoms with van der Waals surface area (Å²) in [5, 5.41) is 3.63. The molecule has 0 radical (unpaired) electrons. The molecule has 1 atom stereocenters. The highest BCUT2D eigenvalue weighted by molar-refractivity contribution is 5.41. The minimum absolute atomic E-state index is 0.565. The van der Waals surface area contributed by atoms with E-state index < -0.39 is 0 Å². The molecule has 1 aliphatic rings. The van der Waals surface area contributed by atoms with E-state index in [0.717, 1.165) is 0 Å². The Hall–Kier alpha value is -0.980. The maximum atomic E-state index is 3.91. The van der Waals surface area contributed by atoms with Gasteiger partial charge >= 0.3 is 0 Å². The molecule has 0 saturated carbocycles. The van der Waals surface area contributed by atoms with Crippen molar-refractivity contribution < 1.29 is 0 Å². The lowest BCUT2D eigenvalue weighted by Gasteiger charge is -2.19. The van der Waals surface area contributed by atoms with Crippen LogP contribution in [0.3, 0.4) is 0 Å². The lowest BCUT2D eigenvalue weighted by Crippen LogP contribution is -2.26. The summed E-state index contributed by atoms with van der Waals surface area (Å²) >= 11 is 0. The van der Waals surface area contributed by atoms with Crippen LogP contribution in [0.2, 0.25) is 0 Å². The quantitative estimate of drug-likeness (QED) is 0.701. The van der Waals surface area contributed by atoms with E-state index in [2.05, 4.69) is 38.7 Å². The van der Waals surface area contributed by atoms with Crippen LogP contribution in [0.4, 0.5) is 0 Å². The standard InChI is InChI=1S/C15H25N/c1-5-9-12(4)16-15(7-3)14-11-8-10-13(14)6-2/h6-7,12,16H,2,5,8-11H2,1,3-4H3/b15-7+. The van der Waals surface area contributed by atoms with Gasteiger partial charge in [-0.1, -0.05) is 32.1 Å². The van der Waals surface area contributed by atoms with Gasteiger partial charge in [-0.2, -0.15) is 0 Å². The minimum Gasteiger partial charge on any atom is -0.383 e. The molecule has 0 amide bonds. The molecule has 1 heteroatoms. The fraction of sp³-hybridized carbons (Fsp3) is 0.600. The van der Waals surface area contributed by atoms with Crippen molar-refractivity contribution in [3.8, 4) is 0 Å². The van der Waals surface area contributed by atoms with Crippen LogP contribution in [-0.2, 0) is 0 Å². The molecule has 1 aliphatic carbocycles. The Morgan fingerprint density at radius 3 is 2.81 bits per heavy atom. The number of hydrogen-bond acceptors (Lipinski definition) is 1. The smallest absolute Gasteiger partial charge is 0.0334 e. The first-order valence-electron chi connectivity index (χ1n) is 6.50. The van der Waals surface area contributed by atoms with Crippen LogP contribution in [0, 0.1) is 0 Å². The summed E-state index contributed by atoms with van der Waals surface area (Å²) in [6.07, 6.45) is 10.4. The van der Waals surface area contributed by atoms with Gasteiger partial charge < -0.3 is 5.32 Å². The molecule has 0 spiro atoms. The second-order valence-electron chi connectivity index (χ2n) is 4.60. The molecule has 1 nitrogen and oxygen atoms in total. The molecule has 0 aromatic heterocycles. The summed E-state index contributed by atoms with van der Waals surface area (Å²) in [7, 11) is 0. The highest BCUT2D eigenvalue weighted by Crippen LogP contribution is 2.31. The predicted octanol–water partition coefficient (Wildman–Crippen LogP) is 4.33. The molecule has 90 valence electrons. The Kier molecular flexibility index (Phi) is 5.37. The van der Waals surface area contributed by atoms with E-state index in [1.165, 1.54) is 48.9 Å². The second kappa shape index (κ2) is 6.57. The summed E-state index contributed by atoms with van der Waals surface area (Å²) in [6.45, 7) is 10.5. The van der Waals surface area contributed by atoms with Gasteiger partial charge in [0.1, 0.15) is 0 Å². The lowest BCUT2D eigenvalue weighted by molar-refractivity contribution is 0.560. The highest BCUT2D eigenvalue weighted by Gasteiger charge is 2.16. The first-order chi connectivity index (χ1) is 7.72. The van der Waals surface area contributed by atoms with Crippen LogP contribution >= 0.6 is 0 Å². The van der Waals surface area contributed by atoms with Crippen molar-refractivity contribution in [1.29, 1.82) is 0 Å². The van der Waals surface area contributed by atoms with Crippen molar-refractivity contribution in [3.63, 3.8) is 0 Å². The third-order valence-electron chi connectivity index (χ3n) is 3.24. The van der Waals surface area contributed by atoms with E-state index in [9.17, 15) is 0 Å². The van der Waals surface area contributed by atoms with Gasteiger partial charge in [-0.05, 0) is 50.7 Å². The fourth-order valence-corrected chi connectivity index (χ4v) is 2.42. The van der Waals surface area contributed by atoms with E-state index >= 15 is 0 Å². The van der Waals surface area contributed by atoms with Gasteiger partial charge in [0, 0.05) is 11.7 Å². The van der Waals surface area contributed by atoms with Crippen molar-refractivity contribution >= 4 is 0 Å². The van der Waals surface area contributed by atoms with Crippen LogP contribution in [0.25, 0.3) is 0 Å². The molecule has 16 heavy (non-hydrogen) atoms. The minimum atomic E-state index is 0.565. The predicted molar refractivity (Wildman–Crippen MR) is 72.3 cm³/mol. The topological polar surface area (TPSA) is 12.0 Å². The maximum Gasteiger partial charge on any atom is 0.0334 e. The van der Waals surface area contributed by atoms with Gasteiger partial charge in [0.25, 0.3) is 0 Å². The summed E-state index contributed by atoms with van der Waals surface area (Å²) in [6, 6.07) is 0.565. The second-order valence-corrected chi connectivity index (χ2v) is 4.60. The van der Waals surface area contributed by atoms with Gasteiger partial charge in [0.2, 0.25) is 0 Å². The summed E-state index contributed by atoms with van der Waals surface area (Å²) in [5.74, 6) is 0. The Morgan fingerprint density at radius 1 is 1.50 bits per heavy atom. The summed E-state index contributed by atoms with van der Waals surface area (Å²) < 4.78 is 0. The molecule has 1 rings (SSSR count). The Labute approximate surface area is 100 Å². The molecule has 0 saturated heterocycles. The van der Waals surface area contributed by atoms with Crippen LogP contribution in [0.5, 0.6) is 0 Å². The fourth-order valence-electron chi connectivity index (χ4n) is 2.42. The van der Waals surface area contributed by atoms with E-state index in [-0.39, 0.29) is 0 Å². The Morgan fingerprint density at radius 2 is 2.25 bits per heavy atom. The average Bonchev–Trinajstić information content (AvgIpc) is 2.74. The largest absolute Gasteiger partial charge is 0.383 e. The van der Waals surface area contributed by atoms with Crippen molar-refractivity contribution in [2.24, 2.45) is 0 Å². The zero-order valence-corrected chi connectivity index (χ0v) is 11.0. The third kappa shape index (κ3) is 3.26. The van der Waals surface area contributed by atoms with Gasteiger partial charge in [0.15, 0.2) is 0 Å². The van der Waals surface area contributed by atoms with Gasteiger partial charge in [-0.25, -0.2) is 0 Å². The number of nitrogens with one attached hydrogen (secondary N) is 1. The number of allylic oxidation sites excluding steroid dienone is 4. The monoisotopic (exact) mass is 219 g/mol. The zero-order valence-electron chi connectivity index (χ0n) is 11.0. The van der Waals surface area contributed by atoms with Crippen LogP contribution in [0.1, 0.15) is 52.9 Å². The van der Waals surface area contributed by atoms with E-state index in [4.69, 9.17) is 0 Å². The van der Waals surface area contributed by atoms with Crippen LogP contribution < -0.4 is 5.32 Å². The molecule has 0 aromatic carbocycles. The molecule has 0 fully saturated rings. The first-order valence-corrected chi connectivity index (χ1v) is 6.50. The number of rotatable bonds is 6. The van der Waals surface area contributed by atoms with Crippen molar-refractivity contribution in [2.45, 2.75) is 58.9 Å². The van der Waals surface area contributed by atoms with E-state index in [0.29, 0.717) is 6.04 Å². The lowest BCUT2D eigenvalue weighted by atomic mass is 10.1. The van der Waals surface area contributed by atoms with Gasteiger partial charge in [0.05, 0.1) is 0 Å². The summed E-state index contributed by atoms with van der Waals surface area (Å²) in [5.41, 5.74) is 4.25. The summed E-state index contributed by atoms with van der Waals surface area (Å²) in [4.78, 5) is 0. The molecule has 0 bridgehead atoms. The Balaban J connectivity index is 2.72. The van der Waals surface area contributed by atoms with E-state index in [1.54, 1.807) is 0 Å². The van der Waals surface area contributed by atoms with Gasteiger partial charge in [-0.3, -0.25) is 0 Å². The first kappa shape index (κ1) is 13.1. The maximum absolute atomic E-state index is 3.91. The molecule has 0 aromatic rings. The molecule has 1 N–H and O–H groups in total.